The largest absolute Gasteiger partial charge is 0.478 e. The molecule has 0 saturated heterocycles. The predicted octanol–water partition coefficient (Wildman–Crippen LogP) is 6.38. The smallest absolute Gasteiger partial charge is 0.337 e. The molecule has 2 aromatic heterocycles. The number of aromatic carboxylic acids is 1. The van der Waals surface area contributed by atoms with Crippen LogP contribution in [0.2, 0.25) is 5.02 Å². The van der Waals surface area contributed by atoms with Gasteiger partial charge in [0.15, 0.2) is 5.82 Å². The molecule has 7 nitrogen and oxygen atoms in total. The average Bonchev–Trinajstić information content (AvgIpc) is 3.04. The Kier molecular flexibility index (Phi) is 8.69. The van der Waals surface area contributed by atoms with Crippen LogP contribution in [-0.2, 0) is 0 Å². The zero-order valence-electron chi connectivity index (χ0n) is 16.0. The number of aromatic nitrogens is 3. The van der Waals surface area contributed by atoms with Crippen LogP contribution < -0.4 is 4.90 Å². The van der Waals surface area contributed by atoms with Crippen molar-refractivity contribution in [2.45, 2.75) is 19.9 Å². The Bertz CT molecular complexity index is 1150. The molecule has 3 rings (SSSR count). The van der Waals surface area contributed by atoms with E-state index in [1.54, 1.807) is 38.2 Å². The molecule has 0 aliphatic heterocycles. The molecule has 0 bridgehead atoms. The highest BCUT2D eigenvalue weighted by Gasteiger charge is 2.31. The van der Waals surface area contributed by atoms with E-state index in [4.69, 9.17) is 11.6 Å². The second kappa shape index (κ2) is 10.4. The van der Waals surface area contributed by atoms with Gasteiger partial charge in [-0.25, -0.2) is 14.5 Å². The molecule has 2 heterocycles. The van der Waals surface area contributed by atoms with Gasteiger partial charge in [0, 0.05) is 27.3 Å². The zero-order valence-corrected chi connectivity index (χ0v) is 22.3. The number of hydrogen-bond acceptors (Lipinski definition) is 4. The van der Waals surface area contributed by atoms with Gasteiger partial charge in [-0.2, -0.15) is 5.10 Å². The lowest BCUT2D eigenvalue weighted by atomic mass is 10.1. The Morgan fingerprint density at radius 1 is 1.19 bits per heavy atom. The summed E-state index contributed by atoms with van der Waals surface area (Å²) in [5.41, 5.74) is 0.378. The number of anilines is 1. The molecule has 1 aromatic carbocycles. The summed E-state index contributed by atoms with van der Waals surface area (Å²) in [6.45, 7) is 3.59. The van der Waals surface area contributed by atoms with E-state index in [0.29, 0.717) is 18.6 Å². The minimum Gasteiger partial charge on any atom is -0.478 e. The molecule has 1 amide bonds. The summed E-state index contributed by atoms with van der Waals surface area (Å²) in [6, 6.07) is 7.62. The number of carboxylic acids is 1. The first-order chi connectivity index (χ1) is 14.1. The highest BCUT2D eigenvalue weighted by molar-refractivity contribution is 9.11. The Hall–Kier alpha value is -1.46. The lowest BCUT2D eigenvalue weighted by molar-refractivity contribution is 0.0697. The van der Waals surface area contributed by atoms with Gasteiger partial charge in [-0.05, 0) is 70.0 Å². The number of halogens is 5. The first-order valence-electron chi connectivity index (χ1n) is 8.54. The van der Waals surface area contributed by atoms with Crippen LogP contribution in [0.1, 0.15) is 34.7 Å². The van der Waals surface area contributed by atoms with Gasteiger partial charge in [-0.15, -0.1) is 12.4 Å². The minimum absolute atomic E-state index is 0. The van der Waals surface area contributed by atoms with Crippen molar-refractivity contribution in [2.24, 2.45) is 0 Å². The van der Waals surface area contributed by atoms with Crippen molar-refractivity contribution in [3.63, 3.8) is 0 Å². The van der Waals surface area contributed by atoms with E-state index < -0.39 is 11.9 Å². The van der Waals surface area contributed by atoms with Crippen molar-refractivity contribution in [2.75, 3.05) is 4.90 Å². The molecule has 0 spiro atoms. The summed E-state index contributed by atoms with van der Waals surface area (Å²) < 4.78 is 2.76. The summed E-state index contributed by atoms with van der Waals surface area (Å²) in [4.78, 5) is 31.2. The summed E-state index contributed by atoms with van der Waals surface area (Å²) >= 11 is 16.3. The first kappa shape index (κ1) is 25.8. The molecule has 0 unspecified atom stereocenters. The van der Waals surface area contributed by atoms with Crippen molar-refractivity contribution in [1.82, 2.24) is 14.8 Å². The second-order valence-electron chi connectivity index (χ2n) is 6.43. The molecular weight excluding hydrogens is 643 g/mol. The standard InChI is InChI=1S/C19H14Br3ClN4O3.ClH/c1-9(2)26(16-11(19(29)30)6-10(20)7-12(16)21)18(28)14-8-15(22)25-27(14)17-13(23)4-3-5-24-17;/h3-9H,1-2H3,(H,29,30);1H. The average molecular weight is 658 g/mol. The van der Waals surface area contributed by atoms with Gasteiger partial charge in [-0.3, -0.25) is 4.79 Å². The number of nitrogens with zero attached hydrogens (tertiary/aromatic N) is 4. The molecular formula is C19H15Br3Cl2N4O3. The van der Waals surface area contributed by atoms with Gasteiger partial charge in [0.25, 0.3) is 5.91 Å². The third-order valence-corrected chi connectivity index (χ3v) is 5.82. The highest BCUT2D eigenvalue weighted by atomic mass is 79.9. The van der Waals surface area contributed by atoms with E-state index in [1.807, 2.05) is 0 Å². The first-order valence-corrected chi connectivity index (χ1v) is 11.3. The number of benzene rings is 1. The Labute approximate surface area is 214 Å². The Morgan fingerprint density at radius 2 is 1.87 bits per heavy atom. The second-order valence-corrected chi connectivity index (χ2v) is 9.42. The Balaban J connectivity index is 0.00000341. The van der Waals surface area contributed by atoms with Gasteiger partial charge in [-0.1, -0.05) is 27.5 Å². The quantitative estimate of drug-likeness (QED) is 0.344. The number of carbonyl (C=O) groups excluding carboxylic acids is 1. The summed E-state index contributed by atoms with van der Waals surface area (Å²) in [5, 5.41) is 14.3. The SMILES string of the molecule is CC(C)N(C(=O)c1cc(Br)nn1-c1ncccc1Cl)c1c(Br)cc(Br)cc1C(=O)O.Cl. The monoisotopic (exact) mass is 654 g/mol. The van der Waals surface area contributed by atoms with E-state index >= 15 is 0 Å². The normalized spacial score (nSPS) is 10.7. The van der Waals surface area contributed by atoms with Gasteiger partial charge in [0.1, 0.15) is 10.3 Å². The van der Waals surface area contributed by atoms with E-state index in [0.717, 1.165) is 0 Å². The Morgan fingerprint density at radius 3 is 2.45 bits per heavy atom. The van der Waals surface area contributed by atoms with Crippen LogP contribution >= 0.6 is 71.8 Å². The van der Waals surface area contributed by atoms with Crippen LogP contribution in [0.3, 0.4) is 0 Å². The lowest BCUT2D eigenvalue weighted by Gasteiger charge is -2.29. The van der Waals surface area contributed by atoms with Crippen LogP contribution in [0, 0.1) is 0 Å². The minimum atomic E-state index is -1.16. The fourth-order valence-corrected chi connectivity index (χ4v) is 4.88. The van der Waals surface area contributed by atoms with Gasteiger partial charge in [0.05, 0.1) is 16.3 Å². The number of pyridine rings is 1. The van der Waals surface area contributed by atoms with Crippen molar-refractivity contribution >= 4 is 89.4 Å². The number of carbonyl (C=O) groups is 2. The molecule has 12 heteroatoms. The van der Waals surface area contributed by atoms with E-state index in [1.165, 1.54) is 21.7 Å². The molecule has 0 fully saturated rings. The van der Waals surface area contributed by atoms with Crippen LogP contribution in [0.5, 0.6) is 0 Å². The van der Waals surface area contributed by atoms with Gasteiger partial charge in [0.2, 0.25) is 0 Å². The van der Waals surface area contributed by atoms with Crippen molar-refractivity contribution < 1.29 is 14.7 Å². The number of hydrogen-bond donors (Lipinski definition) is 1. The van der Waals surface area contributed by atoms with Crippen LogP contribution in [0.15, 0.2) is 50.1 Å². The van der Waals surface area contributed by atoms with Crippen molar-refractivity contribution in [3.05, 3.63) is 66.4 Å². The summed E-state index contributed by atoms with van der Waals surface area (Å²) in [6.07, 6.45) is 1.54. The number of amides is 1. The van der Waals surface area contributed by atoms with Crippen LogP contribution in [0.4, 0.5) is 5.69 Å². The maximum atomic E-state index is 13.7. The topological polar surface area (TPSA) is 88.3 Å². The van der Waals surface area contributed by atoms with E-state index in [-0.39, 0.29) is 41.2 Å². The molecule has 0 saturated carbocycles. The molecule has 31 heavy (non-hydrogen) atoms. The molecule has 0 atom stereocenters. The van der Waals surface area contributed by atoms with Crippen LogP contribution in [0.25, 0.3) is 5.82 Å². The molecule has 1 N–H and O–H groups in total. The molecule has 3 aromatic rings. The third kappa shape index (κ3) is 5.31. The highest BCUT2D eigenvalue weighted by Crippen LogP contribution is 2.36. The maximum absolute atomic E-state index is 13.7. The fourth-order valence-electron chi connectivity index (χ4n) is 2.89. The van der Waals surface area contributed by atoms with E-state index in [2.05, 4.69) is 57.9 Å². The molecule has 0 aliphatic rings. The predicted molar refractivity (Wildman–Crippen MR) is 132 cm³/mol. The molecule has 0 radical (unpaired) electrons. The molecule has 164 valence electrons. The third-order valence-electron chi connectivity index (χ3n) is 4.07. The van der Waals surface area contributed by atoms with E-state index in [9.17, 15) is 14.7 Å². The number of carboxylic acid groups (broad SMARTS) is 1. The van der Waals surface area contributed by atoms with Crippen molar-refractivity contribution in [1.29, 1.82) is 0 Å². The lowest BCUT2D eigenvalue weighted by Crippen LogP contribution is -2.39. The maximum Gasteiger partial charge on any atom is 0.337 e. The summed E-state index contributed by atoms with van der Waals surface area (Å²) in [5.74, 6) is -1.34. The molecule has 0 aliphatic carbocycles. The van der Waals surface area contributed by atoms with Crippen LogP contribution in [-0.4, -0.2) is 37.8 Å². The summed E-state index contributed by atoms with van der Waals surface area (Å²) in [7, 11) is 0. The van der Waals surface area contributed by atoms with Gasteiger partial charge >= 0.3 is 5.97 Å². The fraction of sp³-hybridized carbons (Fsp3) is 0.158. The zero-order chi connectivity index (χ0) is 22.2. The van der Waals surface area contributed by atoms with Crippen molar-refractivity contribution in [3.8, 4) is 5.82 Å². The van der Waals surface area contributed by atoms with Gasteiger partial charge < -0.3 is 10.0 Å². The number of rotatable bonds is 5.